The van der Waals surface area contributed by atoms with E-state index in [1.54, 1.807) is 12.1 Å². The lowest BCUT2D eigenvalue weighted by Gasteiger charge is -2.30. The summed E-state index contributed by atoms with van der Waals surface area (Å²) < 4.78 is 7.15. The monoisotopic (exact) mass is 457 g/mol. The van der Waals surface area contributed by atoms with Crippen LogP contribution in [0.1, 0.15) is 81.3 Å². The van der Waals surface area contributed by atoms with E-state index in [0.717, 1.165) is 44.3 Å². The maximum Gasteiger partial charge on any atom is 0.311 e. The number of tetrazole rings is 1. The van der Waals surface area contributed by atoms with Crippen LogP contribution in [0, 0.1) is 22.0 Å². The van der Waals surface area contributed by atoms with Crippen LogP contribution >= 0.6 is 0 Å². The molecule has 1 aromatic heterocycles. The van der Waals surface area contributed by atoms with Crippen LogP contribution in [0.5, 0.6) is 5.75 Å². The number of nitrogens with one attached hydrogen (secondary N) is 1. The van der Waals surface area contributed by atoms with Crippen molar-refractivity contribution in [1.82, 2.24) is 25.5 Å². The predicted octanol–water partition coefficient (Wildman–Crippen LogP) is 3.54. The quantitative estimate of drug-likeness (QED) is 0.431. The van der Waals surface area contributed by atoms with E-state index in [9.17, 15) is 10.1 Å². The summed E-state index contributed by atoms with van der Waals surface area (Å²) in [5.41, 5.74) is 6.65. The number of nitrogens with two attached hydrogens (primary N) is 1. The van der Waals surface area contributed by atoms with Crippen molar-refractivity contribution >= 4 is 5.69 Å². The van der Waals surface area contributed by atoms with Crippen molar-refractivity contribution < 1.29 is 9.66 Å². The van der Waals surface area contributed by atoms with Gasteiger partial charge in [0.15, 0.2) is 11.6 Å². The molecular formula is C23H35N7O3. The van der Waals surface area contributed by atoms with E-state index >= 15 is 0 Å². The van der Waals surface area contributed by atoms with E-state index in [1.807, 2.05) is 10.7 Å². The highest BCUT2D eigenvalue weighted by Crippen LogP contribution is 2.35. The maximum atomic E-state index is 11.7. The topological polar surface area (TPSA) is 134 Å². The van der Waals surface area contributed by atoms with Gasteiger partial charge in [0.25, 0.3) is 0 Å². The average molecular weight is 458 g/mol. The predicted molar refractivity (Wildman–Crippen MR) is 124 cm³/mol. The van der Waals surface area contributed by atoms with Crippen molar-refractivity contribution in [1.29, 1.82) is 0 Å². The Balaban J connectivity index is 1.64. The van der Waals surface area contributed by atoms with E-state index in [1.165, 1.54) is 39.2 Å². The van der Waals surface area contributed by atoms with Crippen molar-refractivity contribution in [2.75, 3.05) is 20.2 Å². The molecule has 0 spiro atoms. The Hall–Kier alpha value is -2.59. The number of ether oxygens (including phenoxy) is 1. The van der Waals surface area contributed by atoms with Crippen molar-refractivity contribution in [2.24, 2.45) is 17.6 Å². The lowest BCUT2D eigenvalue weighted by molar-refractivity contribution is -0.385. The zero-order valence-corrected chi connectivity index (χ0v) is 19.4. The van der Waals surface area contributed by atoms with Gasteiger partial charge in [-0.3, -0.25) is 10.1 Å². The van der Waals surface area contributed by atoms with Gasteiger partial charge in [-0.2, -0.15) is 0 Å². The first kappa shape index (κ1) is 23.6. The second-order valence-corrected chi connectivity index (χ2v) is 9.44. The number of rotatable bonds is 9. The van der Waals surface area contributed by atoms with Crippen molar-refractivity contribution in [3.8, 4) is 5.75 Å². The van der Waals surface area contributed by atoms with Crippen LogP contribution in [0.3, 0.4) is 0 Å². The van der Waals surface area contributed by atoms with Gasteiger partial charge in [-0.25, -0.2) is 4.68 Å². The molecule has 2 fully saturated rings. The largest absolute Gasteiger partial charge is 0.490 e. The van der Waals surface area contributed by atoms with Crippen LogP contribution < -0.4 is 15.8 Å². The highest BCUT2D eigenvalue weighted by molar-refractivity contribution is 5.50. The minimum Gasteiger partial charge on any atom is -0.490 e. The van der Waals surface area contributed by atoms with Gasteiger partial charge in [0.2, 0.25) is 0 Å². The van der Waals surface area contributed by atoms with Gasteiger partial charge in [0.1, 0.15) is 0 Å². The molecule has 2 saturated carbocycles. The molecule has 2 aromatic rings. The van der Waals surface area contributed by atoms with Gasteiger partial charge in [-0.15, -0.1) is 5.10 Å². The molecule has 3 atom stereocenters. The normalized spacial score (nSPS) is 22.7. The van der Waals surface area contributed by atoms with Gasteiger partial charge in [0.05, 0.1) is 24.1 Å². The molecule has 0 radical (unpaired) electrons. The molecule has 0 amide bonds. The Kier molecular flexibility index (Phi) is 7.87. The molecule has 1 aromatic carbocycles. The van der Waals surface area contributed by atoms with E-state index in [0.29, 0.717) is 17.7 Å². The van der Waals surface area contributed by atoms with E-state index in [-0.39, 0.29) is 23.5 Å². The molecule has 3 unspecified atom stereocenters. The van der Waals surface area contributed by atoms with Gasteiger partial charge in [-0.1, -0.05) is 31.7 Å². The number of nitro groups is 1. The van der Waals surface area contributed by atoms with Crippen LogP contribution in [0.15, 0.2) is 18.2 Å². The zero-order valence-electron chi connectivity index (χ0n) is 19.4. The van der Waals surface area contributed by atoms with Gasteiger partial charge >= 0.3 is 5.69 Å². The molecule has 180 valence electrons. The molecule has 2 aliphatic carbocycles. The van der Waals surface area contributed by atoms with Crippen molar-refractivity contribution in [2.45, 2.75) is 69.9 Å². The number of nitrogens with zero attached hydrogens (tertiary/aromatic N) is 5. The second-order valence-electron chi connectivity index (χ2n) is 9.44. The van der Waals surface area contributed by atoms with Crippen LogP contribution in [0.25, 0.3) is 0 Å². The van der Waals surface area contributed by atoms with Crippen molar-refractivity contribution in [3.05, 3.63) is 39.7 Å². The molecule has 0 aliphatic heterocycles. The standard InChI is InChI=1S/C23H35N7O3/c1-33-21-11-10-18(13-20(21)30(31)32)22(25-15-17-7-5-6-16(12-17)14-24)23-26-27-28-29(23)19-8-3-2-4-9-19/h10-11,13,16-17,19,22,25H,2-9,12,14-15,24H2,1H3. The average Bonchev–Trinajstić information content (AvgIpc) is 3.34. The fraction of sp³-hybridized carbons (Fsp3) is 0.696. The molecular weight excluding hydrogens is 422 g/mol. The number of benzene rings is 1. The Bertz CT molecular complexity index is 929. The van der Waals surface area contributed by atoms with Crippen LogP contribution in [0.2, 0.25) is 0 Å². The Morgan fingerprint density at radius 3 is 2.73 bits per heavy atom. The third-order valence-electron chi connectivity index (χ3n) is 7.27. The van der Waals surface area contributed by atoms with Crippen LogP contribution in [-0.4, -0.2) is 45.3 Å². The summed E-state index contributed by atoms with van der Waals surface area (Å²) in [5.74, 6) is 2.04. The third-order valence-corrected chi connectivity index (χ3v) is 7.27. The summed E-state index contributed by atoms with van der Waals surface area (Å²) in [6.07, 6.45) is 10.3. The van der Waals surface area contributed by atoms with E-state index in [2.05, 4.69) is 20.8 Å². The Morgan fingerprint density at radius 1 is 1.21 bits per heavy atom. The summed E-state index contributed by atoms with van der Waals surface area (Å²) in [5, 5.41) is 28.1. The SMILES string of the molecule is COc1ccc(C(NCC2CCCC(CN)C2)c2nnnn2C2CCCCC2)cc1[N+](=O)[O-]. The summed E-state index contributed by atoms with van der Waals surface area (Å²) >= 11 is 0. The molecule has 0 saturated heterocycles. The summed E-state index contributed by atoms with van der Waals surface area (Å²) in [6, 6.07) is 5.02. The number of hydrogen-bond acceptors (Lipinski definition) is 8. The van der Waals surface area contributed by atoms with Crippen LogP contribution in [-0.2, 0) is 0 Å². The highest BCUT2D eigenvalue weighted by Gasteiger charge is 2.30. The zero-order chi connectivity index (χ0) is 23.2. The Morgan fingerprint density at radius 2 is 2.00 bits per heavy atom. The fourth-order valence-electron chi connectivity index (χ4n) is 5.45. The highest BCUT2D eigenvalue weighted by atomic mass is 16.6. The molecule has 10 nitrogen and oxygen atoms in total. The summed E-state index contributed by atoms with van der Waals surface area (Å²) in [7, 11) is 1.44. The molecule has 1 heterocycles. The lowest BCUT2D eigenvalue weighted by Crippen LogP contribution is -2.34. The minimum absolute atomic E-state index is 0.0562. The number of nitro benzene ring substituents is 1. The van der Waals surface area contributed by atoms with Gasteiger partial charge in [-0.05, 0) is 79.1 Å². The number of hydrogen-bond donors (Lipinski definition) is 2. The van der Waals surface area contributed by atoms with E-state index in [4.69, 9.17) is 10.5 Å². The molecule has 4 rings (SSSR count). The van der Waals surface area contributed by atoms with Crippen molar-refractivity contribution in [3.63, 3.8) is 0 Å². The lowest BCUT2D eigenvalue weighted by atomic mass is 9.81. The number of methoxy groups -OCH3 is 1. The smallest absolute Gasteiger partial charge is 0.311 e. The summed E-state index contributed by atoms with van der Waals surface area (Å²) in [6.45, 7) is 1.52. The minimum atomic E-state index is -0.406. The molecule has 33 heavy (non-hydrogen) atoms. The van der Waals surface area contributed by atoms with Crippen LogP contribution in [0.4, 0.5) is 5.69 Å². The third kappa shape index (κ3) is 5.50. The summed E-state index contributed by atoms with van der Waals surface area (Å²) in [4.78, 5) is 11.3. The van der Waals surface area contributed by atoms with Gasteiger partial charge in [0, 0.05) is 6.07 Å². The second kappa shape index (κ2) is 11.0. The molecule has 10 heteroatoms. The first-order chi connectivity index (χ1) is 16.1. The molecule has 2 aliphatic rings. The Labute approximate surface area is 194 Å². The maximum absolute atomic E-state index is 11.7. The van der Waals surface area contributed by atoms with Gasteiger partial charge < -0.3 is 15.8 Å². The van der Waals surface area contributed by atoms with E-state index < -0.39 is 4.92 Å². The molecule has 3 N–H and O–H groups in total. The molecule has 0 bridgehead atoms. The fourth-order valence-corrected chi connectivity index (χ4v) is 5.45. The number of aromatic nitrogens is 4. The first-order valence-electron chi connectivity index (χ1n) is 12.1. The first-order valence-corrected chi connectivity index (χ1v) is 12.1.